The van der Waals surface area contributed by atoms with Crippen LogP contribution in [0.5, 0.6) is 0 Å². The number of hydrogen-bond donors (Lipinski definition) is 0. The summed E-state index contributed by atoms with van der Waals surface area (Å²) in [5.41, 5.74) is 13.9. The van der Waals surface area contributed by atoms with E-state index in [1.165, 1.54) is 115 Å². The third-order valence-electron chi connectivity index (χ3n) is 11.7. The zero-order valence-corrected chi connectivity index (χ0v) is 28.8. The van der Waals surface area contributed by atoms with Crippen molar-refractivity contribution in [3.63, 3.8) is 0 Å². The molecule has 12 rings (SSSR count). The van der Waals surface area contributed by atoms with Crippen molar-refractivity contribution in [2.24, 2.45) is 0 Å². The van der Waals surface area contributed by atoms with Gasteiger partial charge in [0.1, 0.15) is 0 Å². The third kappa shape index (κ3) is 4.02. The normalized spacial score (nSPS) is 12.2. The topological polar surface area (TPSA) is 4.93 Å². The number of aromatic nitrogens is 1. The highest BCUT2D eigenvalue weighted by molar-refractivity contribution is 6.26. The average Bonchev–Trinajstić information content (AvgIpc) is 3.74. The van der Waals surface area contributed by atoms with Gasteiger partial charge in [0.15, 0.2) is 0 Å². The van der Waals surface area contributed by atoms with Gasteiger partial charge in [-0.3, -0.25) is 0 Å². The minimum Gasteiger partial charge on any atom is -0.309 e. The van der Waals surface area contributed by atoms with Gasteiger partial charge < -0.3 is 4.57 Å². The predicted molar refractivity (Wildman–Crippen MR) is 226 cm³/mol. The van der Waals surface area contributed by atoms with E-state index in [9.17, 15) is 0 Å². The largest absolute Gasteiger partial charge is 0.309 e. The number of benzene rings is 10. The molecule has 1 aromatic heterocycles. The van der Waals surface area contributed by atoms with Crippen LogP contribution in [0, 0.1) is 0 Å². The van der Waals surface area contributed by atoms with Crippen molar-refractivity contribution < 1.29 is 0 Å². The van der Waals surface area contributed by atoms with Crippen LogP contribution in [0.1, 0.15) is 0 Å². The lowest BCUT2D eigenvalue weighted by Crippen LogP contribution is -1.93. The minimum atomic E-state index is 1.17. The molecule has 0 saturated heterocycles. The molecule has 0 spiro atoms. The Bertz CT molecular complexity index is 3260. The molecule has 0 bridgehead atoms. The number of fused-ring (bicyclic) bond motifs is 12. The highest BCUT2D eigenvalue weighted by atomic mass is 15.0. The summed E-state index contributed by atoms with van der Waals surface area (Å²) in [5.74, 6) is 0. The summed E-state index contributed by atoms with van der Waals surface area (Å²) in [7, 11) is 0. The summed E-state index contributed by atoms with van der Waals surface area (Å²) in [6.45, 7) is 0. The fraction of sp³-hybridized carbons (Fsp3) is 0. The second-order valence-corrected chi connectivity index (χ2v) is 14.4. The first-order valence-corrected chi connectivity index (χ1v) is 18.4. The van der Waals surface area contributed by atoms with Crippen LogP contribution in [-0.2, 0) is 0 Å². The summed E-state index contributed by atoms with van der Waals surface area (Å²) in [6.07, 6.45) is 0. The smallest absolute Gasteiger partial charge is 0.0541 e. The van der Waals surface area contributed by atoms with E-state index in [-0.39, 0.29) is 0 Å². The quantitative estimate of drug-likeness (QED) is 0.165. The molecule has 0 N–H and O–H groups in total. The molecule has 0 unspecified atom stereocenters. The Morgan fingerprint density at radius 2 is 0.698 bits per heavy atom. The van der Waals surface area contributed by atoms with E-state index >= 15 is 0 Å². The van der Waals surface area contributed by atoms with Crippen LogP contribution < -0.4 is 0 Å². The van der Waals surface area contributed by atoms with E-state index in [4.69, 9.17) is 0 Å². The summed E-state index contributed by atoms with van der Waals surface area (Å²) < 4.78 is 2.42. The van der Waals surface area contributed by atoms with E-state index in [0.717, 1.165) is 0 Å². The van der Waals surface area contributed by atoms with Gasteiger partial charge in [0.25, 0.3) is 0 Å². The van der Waals surface area contributed by atoms with Crippen LogP contribution in [0.4, 0.5) is 0 Å². The molecule has 1 aliphatic rings. The van der Waals surface area contributed by atoms with Gasteiger partial charge in [-0.05, 0) is 130 Å². The standard InChI is InChI=1S/C52H31N/c1-2-11-35(12-3-1)53-50-27-22-33(32-21-24-43-39-15-5-4-13-37(39)38-14-6-9-18-42(38)47(43)29-32)30-48(50)49-31-34(23-28-51(49)53)36-25-26-46-41-17-8-7-16-40(41)45-20-10-19-44(36)52(45)46/h1-31H. The van der Waals surface area contributed by atoms with Crippen LogP contribution >= 0.6 is 0 Å². The second-order valence-electron chi connectivity index (χ2n) is 14.4. The maximum atomic E-state index is 2.42. The number of hydrogen-bond acceptors (Lipinski definition) is 0. The van der Waals surface area contributed by atoms with Gasteiger partial charge >= 0.3 is 0 Å². The Hall–Kier alpha value is -6.96. The van der Waals surface area contributed by atoms with Crippen molar-refractivity contribution >= 4 is 64.9 Å². The highest BCUT2D eigenvalue weighted by Gasteiger charge is 2.23. The molecule has 1 nitrogen and oxygen atoms in total. The number of para-hydroxylation sites is 1. The highest BCUT2D eigenvalue weighted by Crippen LogP contribution is 2.49. The van der Waals surface area contributed by atoms with Crippen LogP contribution in [-0.4, -0.2) is 4.57 Å². The van der Waals surface area contributed by atoms with Crippen LogP contribution in [0.2, 0.25) is 0 Å². The third-order valence-corrected chi connectivity index (χ3v) is 11.7. The van der Waals surface area contributed by atoms with Crippen molar-refractivity contribution in [3.8, 4) is 50.2 Å². The van der Waals surface area contributed by atoms with Gasteiger partial charge in [-0.2, -0.15) is 0 Å². The van der Waals surface area contributed by atoms with Gasteiger partial charge in [0.2, 0.25) is 0 Å². The number of rotatable bonds is 3. The van der Waals surface area contributed by atoms with Crippen molar-refractivity contribution in [2.45, 2.75) is 0 Å². The van der Waals surface area contributed by atoms with E-state index in [2.05, 4.69) is 193 Å². The molecular formula is C52H31N. The summed E-state index contributed by atoms with van der Waals surface area (Å²) in [4.78, 5) is 0. The lowest BCUT2D eigenvalue weighted by molar-refractivity contribution is 1.18. The molecule has 0 atom stereocenters. The molecule has 11 aromatic rings. The summed E-state index contributed by atoms with van der Waals surface area (Å²) in [6, 6.07) is 69.8. The summed E-state index contributed by atoms with van der Waals surface area (Å²) in [5, 5.41) is 13.0. The Labute approximate surface area is 306 Å². The minimum absolute atomic E-state index is 1.17. The molecular weight excluding hydrogens is 639 g/mol. The van der Waals surface area contributed by atoms with Gasteiger partial charge in [0.05, 0.1) is 11.0 Å². The summed E-state index contributed by atoms with van der Waals surface area (Å²) >= 11 is 0. The first-order valence-electron chi connectivity index (χ1n) is 18.4. The molecule has 0 aliphatic heterocycles. The first kappa shape index (κ1) is 28.7. The number of nitrogens with zero attached hydrogens (tertiary/aromatic N) is 1. The SMILES string of the molecule is c1ccc(-n2c3ccc(-c4ccc5c6ccccc6c6ccccc6c5c4)cc3c3cc(-c4ccc5c6c(cccc46)-c4ccccc4-5)ccc32)cc1. The maximum absolute atomic E-state index is 2.42. The molecule has 1 heteroatoms. The molecule has 0 radical (unpaired) electrons. The van der Waals surface area contributed by atoms with Crippen molar-refractivity contribution in [1.29, 1.82) is 0 Å². The molecule has 0 fully saturated rings. The molecule has 1 heterocycles. The van der Waals surface area contributed by atoms with Crippen molar-refractivity contribution in [3.05, 3.63) is 188 Å². The van der Waals surface area contributed by atoms with Gasteiger partial charge in [-0.25, -0.2) is 0 Å². The molecule has 244 valence electrons. The van der Waals surface area contributed by atoms with E-state index in [1.807, 2.05) is 0 Å². The van der Waals surface area contributed by atoms with Crippen LogP contribution in [0.25, 0.3) is 115 Å². The molecule has 53 heavy (non-hydrogen) atoms. The van der Waals surface area contributed by atoms with Crippen molar-refractivity contribution in [2.75, 3.05) is 0 Å². The van der Waals surface area contributed by atoms with Crippen LogP contribution in [0.15, 0.2) is 188 Å². The van der Waals surface area contributed by atoms with Gasteiger partial charge in [-0.1, -0.05) is 146 Å². The van der Waals surface area contributed by atoms with E-state index in [1.54, 1.807) is 0 Å². The Morgan fingerprint density at radius 3 is 1.38 bits per heavy atom. The fourth-order valence-corrected chi connectivity index (χ4v) is 9.37. The molecule has 0 saturated carbocycles. The zero-order chi connectivity index (χ0) is 34.6. The predicted octanol–water partition coefficient (Wildman–Crippen LogP) is 14.4. The lowest BCUT2D eigenvalue weighted by Gasteiger charge is -2.12. The Balaban J connectivity index is 1.09. The van der Waals surface area contributed by atoms with E-state index < -0.39 is 0 Å². The first-order chi connectivity index (χ1) is 26.3. The molecule has 0 amide bonds. The molecule has 1 aliphatic carbocycles. The van der Waals surface area contributed by atoms with Crippen molar-refractivity contribution in [1.82, 2.24) is 4.57 Å². The maximum Gasteiger partial charge on any atom is 0.0541 e. The average molecular weight is 670 g/mol. The zero-order valence-electron chi connectivity index (χ0n) is 28.8. The second kappa shape index (κ2) is 10.8. The van der Waals surface area contributed by atoms with Gasteiger partial charge in [0, 0.05) is 16.5 Å². The Morgan fingerprint density at radius 1 is 0.245 bits per heavy atom. The molecule has 10 aromatic carbocycles. The fourth-order valence-electron chi connectivity index (χ4n) is 9.37. The van der Waals surface area contributed by atoms with E-state index in [0.29, 0.717) is 0 Å². The van der Waals surface area contributed by atoms with Crippen LogP contribution in [0.3, 0.4) is 0 Å². The lowest BCUT2D eigenvalue weighted by atomic mass is 9.91. The van der Waals surface area contributed by atoms with Gasteiger partial charge in [-0.15, -0.1) is 0 Å². The monoisotopic (exact) mass is 669 g/mol. The Kier molecular flexibility index (Phi) is 5.84.